The summed E-state index contributed by atoms with van der Waals surface area (Å²) in [6.45, 7) is 13.6. The predicted molar refractivity (Wildman–Crippen MR) is 107 cm³/mol. The summed E-state index contributed by atoms with van der Waals surface area (Å²) in [7, 11) is 0. The highest BCUT2D eigenvalue weighted by Gasteiger charge is 2.27. The van der Waals surface area contributed by atoms with Crippen LogP contribution >= 0.6 is 11.3 Å². The molecule has 3 N–H and O–H groups in total. The number of nitrogens with one attached hydrogen (secondary N) is 2. The van der Waals surface area contributed by atoms with E-state index in [9.17, 15) is 5.11 Å². The quantitative estimate of drug-likeness (QED) is 0.531. The fourth-order valence-electron chi connectivity index (χ4n) is 2.28. The van der Waals surface area contributed by atoms with Crippen LogP contribution in [0.5, 0.6) is 0 Å². The molecule has 0 bridgehead atoms. The molecule has 2 heterocycles. The van der Waals surface area contributed by atoms with Crippen LogP contribution in [0, 0.1) is 6.92 Å². The van der Waals surface area contributed by atoms with Gasteiger partial charge in [0.2, 0.25) is 0 Å². The first-order valence-electron chi connectivity index (χ1n) is 8.88. The average Bonchev–Trinajstić information content (AvgIpc) is 3.19. The van der Waals surface area contributed by atoms with Gasteiger partial charge in [-0.3, -0.25) is 0 Å². The van der Waals surface area contributed by atoms with Gasteiger partial charge in [-0.2, -0.15) is 0 Å². The zero-order valence-electron chi connectivity index (χ0n) is 16.5. The Kier molecular flexibility index (Phi) is 6.47. The van der Waals surface area contributed by atoms with Crippen molar-refractivity contribution in [3.63, 3.8) is 0 Å². The van der Waals surface area contributed by atoms with E-state index in [4.69, 9.17) is 4.42 Å². The zero-order chi connectivity index (χ0) is 19.4. The van der Waals surface area contributed by atoms with Crippen LogP contribution in [0.1, 0.15) is 56.8 Å². The van der Waals surface area contributed by atoms with Crippen LogP contribution in [-0.2, 0) is 17.6 Å². The lowest BCUT2D eigenvalue weighted by Gasteiger charge is -2.22. The molecular weight excluding hydrogens is 348 g/mol. The topological polar surface area (TPSA) is 82.7 Å². The normalized spacial score (nSPS) is 15.0. The number of aryl methyl sites for hydroxylation is 1. The van der Waals surface area contributed by atoms with Crippen LogP contribution in [0.4, 0.5) is 0 Å². The second kappa shape index (κ2) is 8.22. The van der Waals surface area contributed by atoms with Gasteiger partial charge in [0.05, 0.1) is 18.8 Å². The summed E-state index contributed by atoms with van der Waals surface area (Å²) in [6.07, 6.45) is 0. The molecule has 2 aromatic heterocycles. The van der Waals surface area contributed by atoms with E-state index < -0.39 is 5.60 Å². The van der Waals surface area contributed by atoms with Crippen molar-refractivity contribution in [1.29, 1.82) is 0 Å². The monoisotopic (exact) mass is 378 g/mol. The number of aliphatic imine (C=N–C) groups is 1. The predicted octanol–water partition coefficient (Wildman–Crippen LogP) is 3.30. The van der Waals surface area contributed by atoms with Crippen LogP contribution in [0.3, 0.4) is 0 Å². The Morgan fingerprint density at radius 1 is 1.27 bits per heavy atom. The van der Waals surface area contributed by atoms with Gasteiger partial charge < -0.3 is 20.2 Å². The molecule has 0 saturated heterocycles. The van der Waals surface area contributed by atoms with Gasteiger partial charge in [0.25, 0.3) is 0 Å². The molecule has 0 aliphatic rings. The van der Waals surface area contributed by atoms with Crippen LogP contribution in [0.25, 0.3) is 0 Å². The Morgan fingerprint density at radius 3 is 2.54 bits per heavy atom. The molecular formula is C19H30N4O2S. The van der Waals surface area contributed by atoms with Crippen LogP contribution in [0.15, 0.2) is 26.9 Å². The van der Waals surface area contributed by atoms with E-state index >= 15 is 0 Å². The van der Waals surface area contributed by atoms with Gasteiger partial charge in [-0.15, -0.1) is 11.3 Å². The second-order valence-electron chi connectivity index (χ2n) is 7.61. The van der Waals surface area contributed by atoms with Crippen molar-refractivity contribution >= 4 is 17.3 Å². The third-order valence-electron chi connectivity index (χ3n) is 3.91. The minimum atomic E-state index is -1.12. The molecule has 1 unspecified atom stereocenters. The van der Waals surface area contributed by atoms with Crippen LogP contribution < -0.4 is 10.6 Å². The minimum absolute atomic E-state index is 0.0427. The van der Waals surface area contributed by atoms with Crippen LogP contribution in [0.2, 0.25) is 0 Å². The SMILES string of the molecule is CCNC(=NCc1nc(C(C)(C)C)cs1)NCC(C)(O)c1ccc(C)o1. The fourth-order valence-corrected chi connectivity index (χ4v) is 3.23. The van der Waals surface area contributed by atoms with Crippen molar-refractivity contribution in [2.45, 2.75) is 59.1 Å². The lowest BCUT2D eigenvalue weighted by molar-refractivity contribution is 0.0378. The van der Waals surface area contributed by atoms with E-state index in [2.05, 4.69) is 46.8 Å². The van der Waals surface area contributed by atoms with E-state index in [0.717, 1.165) is 23.0 Å². The van der Waals surface area contributed by atoms with Crippen LogP contribution in [-0.4, -0.2) is 29.1 Å². The molecule has 144 valence electrons. The molecule has 0 amide bonds. The summed E-state index contributed by atoms with van der Waals surface area (Å²) < 4.78 is 5.55. The summed E-state index contributed by atoms with van der Waals surface area (Å²) in [4.78, 5) is 9.25. The van der Waals surface area contributed by atoms with E-state index in [1.54, 1.807) is 24.3 Å². The third-order valence-corrected chi connectivity index (χ3v) is 4.74. The molecule has 0 spiro atoms. The summed E-state index contributed by atoms with van der Waals surface area (Å²) in [5.74, 6) is 1.95. The number of aromatic nitrogens is 1. The van der Waals surface area contributed by atoms with E-state index in [-0.39, 0.29) is 12.0 Å². The number of furan rings is 1. The van der Waals surface area contributed by atoms with Crippen molar-refractivity contribution in [2.24, 2.45) is 4.99 Å². The van der Waals surface area contributed by atoms with Crippen molar-refractivity contribution in [3.8, 4) is 0 Å². The highest BCUT2D eigenvalue weighted by Crippen LogP contribution is 2.24. The molecule has 0 aliphatic carbocycles. The number of rotatable bonds is 6. The highest BCUT2D eigenvalue weighted by atomic mass is 32.1. The van der Waals surface area contributed by atoms with Gasteiger partial charge in [0, 0.05) is 17.3 Å². The molecule has 7 heteroatoms. The van der Waals surface area contributed by atoms with E-state index in [1.165, 1.54) is 0 Å². The van der Waals surface area contributed by atoms with Gasteiger partial charge in [-0.1, -0.05) is 20.8 Å². The molecule has 0 fully saturated rings. The maximum atomic E-state index is 10.6. The first kappa shape index (κ1) is 20.5. The Bertz CT molecular complexity index is 741. The Balaban J connectivity index is 2.01. The highest BCUT2D eigenvalue weighted by molar-refractivity contribution is 7.09. The van der Waals surface area contributed by atoms with Gasteiger partial charge >= 0.3 is 0 Å². The lowest BCUT2D eigenvalue weighted by atomic mass is 9.93. The maximum Gasteiger partial charge on any atom is 0.191 e. The molecule has 0 radical (unpaired) electrons. The number of hydrogen-bond acceptors (Lipinski definition) is 5. The number of guanidine groups is 1. The molecule has 0 saturated carbocycles. The van der Waals surface area contributed by atoms with E-state index in [0.29, 0.717) is 18.3 Å². The van der Waals surface area contributed by atoms with Gasteiger partial charge in [0.1, 0.15) is 22.1 Å². The van der Waals surface area contributed by atoms with Crippen molar-refractivity contribution < 1.29 is 9.52 Å². The number of aliphatic hydroxyl groups is 1. The minimum Gasteiger partial charge on any atom is -0.463 e. The lowest BCUT2D eigenvalue weighted by Crippen LogP contribution is -2.44. The molecule has 2 aromatic rings. The summed E-state index contributed by atoms with van der Waals surface area (Å²) in [6, 6.07) is 3.64. The molecule has 2 rings (SSSR count). The summed E-state index contributed by atoms with van der Waals surface area (Å²) in [5, 5.41) is 20.1. The van der Waals surface area contributed by atoms with Gasteiger partial charge in [0.15, 0.2) is 5.96 Å². The smallest absolute Gasteiger partial charge is 0.191 e. The fraction of sp³-hybridized carbons (Fsp3) is 0.579. The van der Waals surface area contributed by atoms with Crippen molar-refractivity contribution in [1.82, 2.24) is 15.6 Å². The standard InChI is InChI=1S/C19H30N4O2S/c1-7-20-17(21-10-16-23-14(11-26-16)18(3,4)5)22-12-19(6,24)15-9-8-13(2)25-15/h8-9,11,24H,7,10,12H2,1-6H3,(H2,20,21,22). The van der Waals surface area contributed by atoms with Gasteiger partial charge in [-0.25, -0.2) is 9.98 Å². The van der Waals surface area contributed by atoms with E-state index in [1.807, 2.05) is 19.9 Å². The second-order valence-corrected chi connectivity index (χ2v) is 8.55. The largest absolute Gasteiger partial charge is 0.463 e. The average molecular weight is 379 g/mol. The molecule has 0 aromatic carbocycles. The molecule has 26 heavy (non-hydrogen) atoms. The maximum absolute atomic E-state index is 10.6. The Labute approximate surface area is 159 Å². The van der Waals surface area contributed by atoms with Crippen molar-refractivity contribution in [2.75, 3.05) is 13.1 Å². The molecule has 1 atom stereocenters. The third kappa shape index (κ3) is 5.57. The zero-order valence-corrected chi connectivity index (χ0v) is 17.3. The molecule has 6 nitrogen and oxygen atoms in total. The Morgan fingerprint density at radius 2 is 2.00 bits per heavy atom. The summed E-state index contributed by atoms with van der Waals surface area (Å²) >= 11 is 1.62. The Hall–Kier alpha value is -1.86. The number of nitrogens with zero attached hydrogens (tertiary/aromatic N) is 2. The van der Waals surface area contributed by atoms with Crippen molar-refractivity contribution in [3.05, 3.63) is 39.7 Å². The number of hydrogen-bond donors (Lipinski definition) is 3. The first-order chi connectivity index (χ1) is 12.1. The van der Waals surface area contributed by atoms with Gasteiger partial charge in [-0.05, 0) is 32.9 Å². The number of thiazole rings is 1. The first-order valence-corrected chi connectivity index (χ1v) is 9.76. The summed E-state index contributed by atoms with van der Waals surface area (Å²) in [5.41, 5.74) is 0.00773. The molecule has 0 aliphatic heterocycles.